The molecule has 0 amide bonds. The molecule has 0 aliphatic carbocycles. The summed E-state index contributed by atoms with van der Waals surface area (Å²) in [5.74, 6) is 1.36. The van der Waals surface area contributed by atoms with Crippen LogP contribution in [0.15, 0.2) is 18.3 Å². The van der Waals surface area contributed by atoms with Gasteiger partial charge in [0.15, 0.2) is 0 Å². The van der Waals surface area contributed by atoms with Crippen LogP contribution in [0.2, 0.25) is 0 Å². The maximum Gasteiger partial charge on any atom is 0.141 e. The van der Waals surface area contributed by atoms with E-state index in [2.05, 4.69) is 31.8 Å². The Bertz CT molecular complexity index is 483. The Morgan fingerprint density at radius 1 is 1.47 bits per heavy atom. The van der Waals surface area contributed by atoms with Crippen molar-refractivity contribution in [3.8, 4) is 0 Å². The van der Waals surface area contributed by atoms with Gasteiger partial charge in [0.1, 0.15) is 11.5 Å². The van der Waals surface area contributed by atoms with E-state index >= 15 is 0 Å². The lowest BCUT2D eigenvalue weighted by Gasteiger charge is -2.01. The highest BCUT2D eigenvalue weighted by Gasteiger charge is 2.11. The van der Waals surface area contributed by atoms with Crippen LogP contribution in [-0.4, -0.2) is 9.38 Å². The molecule has 3 heteroatoms. The van der Waals surface area contributed by atoms with Crippen LogP contribution < -0.4 is 5.73 Å². The molecule has 0 unspecified atom stereocenters. The van der Waals surface area contributed by atoms with Gasteiger partial charge < -0.3 is 5.73 Å². The van der Waals surface area contributed by atoms with Crippen molar-refractivity contribution >= 4 is 11.5 Å². The average Bonchev–Trinajstić information content (AvgIpc) is 2.46. The molecule has 2 aromatic heterocycles. The molecule has 2 N–H and O–H groups in total. The summed E-state index contributed by atoms with van der Waals surface area (Å²) in [5, 5.41) is 0. The zero-order valence-corrected chi connectivity index (χ0v) is 9.49. The number of fused-ring (bicyclic) bond motifs is 1. The number of hydrogen-bond donors (Lipinski definition) is 1. The molecule has 0 spiro atoms. The van der Waals surface area contributed by atoms with E-state index in [-0.39, 0.29) is 0 Å². The second kappa shape index (κ2) is 3.57. The molecule has 0 saturated carbocycles. The minimum absolute atomic E-state index is 0.581. The van der Waals surface area contributed by atoms with E-state index in [0.29, 0.717) is 5.92 Å². The molecule has 0 aliphatic heterocycles. The molecule has 0 fully saturated rings. The first-order valence-corrected chi connectivity index (χ1v) is 5.31. The van der Waals surface area contributed by atoms with E-state index in [0.717, 1.165) is 23.6 Å². The molecule has 15 heavy (non-hydrogen) atoms. The van der Waals surface area contributed by atoms with Crippen molar-refractivity contribution in [2.75, 3.05) is 5.73 Å². The number of aromatic nitrogens is 2. The van der Waals surface area contributed by atoms with Crippen molar-refractivity contribution in [2.24, 2.45) is 5.92 Å². The fourth-order valence-electron chi connectivity index (χ4n) is 1.81. The molecule has 0 radical (unpaired) electrons. The summed E-state index contributed by atoms with van der Waals surface area (Å²) >= 11 is 0. The molecule has 2 heterocycles. The largest absolute Gasteiger partial charge is 0.383 e. The van der Waals surface area contributed by atoms with Crippen molar-refractivity contribution in [3.63, 3.8) is 0 Å². The van der Waals surface area contributed by atoms with Crippen LogP contribution in [0.1, 0.15) is 25.1 Å². The fourth-order valence-corrected chi connectivity index (χ4v) is 1.81. The van der Waals surface area contributed by atoms with E-state index in [1.54, 1.807) is 0 Å². The summed E-state index contributed by atoms with van der Waals surface area (Å²) in [7, 11) is 0. The number of hydrogen-bond acceptors (Lipinski definition) is 2. The molecule has 0 bridgehead atoms. The third-order valence-corrected chi connectivity index (χ3v) is 2.56. The molecular weight excluding hydrogens is 186 g/mol. The summed E-state index contributed by atoms with van der Waals surface area (Å²) in [6.07, 6.45) is 2.90. The van der Waals surface area contributed by atoms with Gasteiger partial charge in [-0.15, -0.1) is 0 Å². The second-order valence-corrected chi connectivity index (χ2v) is 4.43. The first-order valence-electron chi connectivity index (χ1n) is 5.31. The Hall–Kier alpha value is -1.51. The molecule has 0 aliphatic rings. The van der Waals surface area contributed by atoms with E-state index in [1.807, 2.05) is 16.7 Å². The van der Waals surface area contributed by atoms with Crippen LogP contribution >= 0.6 is 0 Å². The van der Waals surface area contributed by atoms with Gasteiger partial charge in [-0.25, -0.2) is 4.98 Å². The van der Waals surface area contributed by atoms with E-state index < -0.39 is 0 Å². The average molecular weight is 203 g/mol. The minimum atomic E-state index is 0.581. The van der Waals surface area contributed by atoms with Gasteiger partial charge in [-0.1, -0.05) is 19.9 Å². The molecule has 3 nitrogen and oxygen atoms in total. The summed E-state index contributed by atoms with van der Waals surface area (Å²) in [4.78, 5) is 4.59. The number of nitrogens with two attached hydrogens (primary N) is 1. The van der Waals surface area contributed by atoms with Crippen LogP contribution in [0.3, 0.4) is 0 Å². The Morgan fingerprint density at radius 2 is 2.20 bits per heavy atom. The molecule has 2 aromatic rings. The quantitative estimate of drug-likeness (QED) is 0.814. The molecular formula is C12H17N3. The number of nitrogen functional groups attached to an aromatic ring is 1. The summed E-state index contributed by atoms with van der Waals surface area (Å²) in [5.41, 5.74) is 9.21. The van der Waals surface area contributed by atoms with E-state index in [9.17, 15) is 0 Å². The van der Waals surface area contributed by atoms with E-state index in [1.165, 1.54) is 5.56 Å². The lowest BCUT2D eigenvalue weighted by Crippen LogP contribution is -2.00. The van der Waals surface area contributed by atoms with Crippen molar-refractivity contribution < 1.29 is 0 Å². The monoisotopic (exact) mass is 203 g/mol. The van der Waals surface area contributed by atoms with Crippen molar-refractivity contribution in [2.45, 2.75) is 27.2 Å². The summed E-state index contributed by atoms with van der Waals surface area (Å²) < 4.78 is 1.97. The van der Waals surface area contributed by atoms with Crippen LogP contribution in [0.4, 0.5) is 5.82 Å². The Kier molecular flexibility index (Phi) is 2.39. The standard InChI is InChI=1S/C12H17N3/c1-8(2)7-10-11(13)15-6-4-5-9(3)12(15)14-10/h4-6,8H,7,13H2,1-3H3. The highest BCUT2D eigenvalue weighted by Crippen LogP contribution is 2.19. The number of rotatable bonds is 2. The van der Waals surface area contributed by atoms with Gasteiger partial charge in [-0.3, -0.25) is 4.40 Å². The zero-order chi connectivity index (χ0) is 11.0. The van der Waals surface area contributed by atoms with Crippen molar-refractivity contribution in [3.05, 3.63) is 29.6 Å². The highest BCUT2D eigenvalue weighted by molar-refractivity contribution is 5.57. The predicted octanol–water partition coefficient (Wildman–Crippen LogP) is 2.42. The Morgan fingerprint density at radius 3 is 2.80 bits per heavy atom. The summed E-state index contributed by atoms with van der Waals surface area (Å²) in [6, 6.07) is 4.06. The third-order valence-electron chi connectivity index (χ3n) is 2.56. The van der Waals surface area contributed by atoms with E-state index in [4.69, 9.17) is 5.73 Å². The number of pyridine rings is 1. The molecule has 80 valence electrons. The zero-order valence-electron chi connectivity index (χ0n) is 9.49. The van der Waals surface area contributed by atoms with Gasteiger partial charge in [0.05, 0.1) is 5.69 Å². The first kappa shape index (κ1) is 10.0. The maximum absolute atomic E-state index is 6.06. The smallest absolute Gasteiger partial charge is 0.141 e. The topological polar surface area (TPSA) is 43.3 Å². The third kappa shape index (κ3) is 1.69. The van der Waals surface area contributed by atoms with Crippen LogP contribution in [0, 0.1) is 12.8 Å². The maximum atomic E-state index is 6.06. The highest BCUT2D eigenvalue weighted by atomic mass is 15.1. The molecule has 2 rings (SSSR count). The lowest BCUT2D eigenvalue weighted by molar-refractivity contribution is 0.639. The van der Waals surface area contributed by atoms with Gasteiger partial charge in [-0.2, -0.15) is 0 Å². The van der Waals surface area contributed by atoms with Gasteiger partial charge in [0, 0.05) is 6.20 Å². The summed E-state index contributed by atoms with van der Waals surface area (Å²) in [6.45, 7) is 6.41. The van der Waals surface area contributed by atoms with Crippen molar-refractivity contribution in [1.82, 2.24) is 9.38 Å². The van der Waals surface area contributed by atoms with Gasteiger partial charge in [0.2, 0.25) is 0 Å². The number of imidazole rings is 1. The Balaban J connectivity index is 2.59. The molecule has 0 aromatic carbocycles. The van der Waals surface area contributed by atoms with Crippen LogP contribution in [-0.2, 0) is 6.42 Å². The van der Waals surface area contributed by atoms with Crippen molar-refractivity contribution in [1.29, 1.82) is 0 Å². The Labute approximate surface area is 89.9 Å². The van der Waals surface area contributed by atoms with Crippen LogP contribution in [0.5, 0.6) is 0 Å². The first-order chi connectivity index (χ1) is 7.09. The number of anilines is 1. The number of nitrogens with zero attached hydrogens (tertiary/aromatic N) is 2. The SMILES string of the molecule is Cc1cccn2c(N)c(CC(C)C)nc12. The lowest BCUT2D eigenvalue weighted by atomic mass is 10.1. The fraction of sp³-hybridized carbons (Fsp3) is 0.417. The van der Waals surface area contributed by atoms with Gasteiger partial charge >= 0.3 is 0 Å². The van der Waals surface area contributed by atoms with Crippen LogP contribution in [0.25, 0.3) is 5.65 Å². The normalized spacial score (nSPS) is 11.5. The second-order valence-electron chi connectivity index (χ2n) is 4.43. The predicted molar refractivity (Wildman–Crippen MR) is 62.9 cm³/mol. The minimum Gasteiger partial charge on any atom is -0.383 e. The molecule has 0 atom stereocenters. The number of aryl methyl sites for hydroxylation is 1. The molecule has 0 saturated heterocycles. The van der Waals surface area contributed by atoms with Gasteiger partial charge in [-0.05, 0) is 30.9 Å². The van der Waals surface area contributed by atoms with Gasteiger partial charge in [0.25, 0.3) is 0 Å².